The Morgan fingerprint density at radius 3 is 1.48 bits per heavy atom. The Morgan fingerprint density at radius 1 is 0.696 bits per heavy atom. The molecule has 0 aliphatic carbocycles. The first-order valence-corrected chi connectivity index (χ1v) is 9.90. The highest BCUT2D eigenvalue weighted by atomic mass is 127. The van der Waals surface area contributed by atoms with Crippen molar-refractivity contribution >= 4 is 0 Å². The van der Waals surface area contributed by atoms with Gasteiger partial charge in [0.2, 0.25) is 0 Å². The molecule has 0 saturated carbocycles. The number of rotatable bonds is 18. The van der Waals surface area contributed by atoms with E-state index in [1.165, 1.54) is 83.6 Å². The average Bonchev–Trinajstić information content (AvgIpc) is 2.52. The number of hydrogen-bond acceptors (Lipinski definition) is 0. The Balaban J connectivity index is 0. The third kappa shape index (κ3) is 20.1. The molecule has 0 aromatic rings. The number of quaternary nitrogens is 1. The Hall–Kier alpha value is 0.170. The minimum absolute atomic E-state index is 0. The zero-order valence-electron chi connectivity index (χ0n) is 15.7. The van der Waals surface area contributed by atoms with Gasteiger partial charge in [-0.05, 0) is 12.8 Å². The van der Waals surface area contributed by atoms with Crippen LogP contribution in [0.2, 0.25) is 0 Å². The van der Waals surface area contributed by atoms with Gasteiger partial charge >= 0.3 is 0 Å². The molecule has 0 aromatic heterocycles. The lowest BCUT2D eigenvalue weighted by Gasteiger charge is -2.11. The van der Waals surface area contributed by atoms with Gasteiger partial charge in [-0.15, -0.1) is 13.2 Å². The van der Waals surface area contributed by atoms with E-state index in [-0.39, 0.29) is 24.0 Å². The zero-order valence-corrected chi connectivity index (χ0v) is 17.9. The van der Waals surface area contributed by atoms with E-state index < -0.39 is 0 Å². The summed E-state index contributed by atoms with van der Waals surface area (Å²) >= 11 is 0. The van der Waals surface area contributed by atoms with Crippen LogP contribution >= 0.6 is 0 Å². The molecule has 0 bridgehead atoms. The Kier molecular flexibility index (Phi) is 24.5. The Bertz CT molecular complexity index is 230. The van der Waals surface area contributed by atoms with Crippen LogP contribution in [0.15, 0.2) is 25.3 Å². The lowest BCUT2D eigenvalue weighted by molar-refractivity contribution is -0.688. The van der Waals surface area contributed by atoms with Gasteiger partial charge in [0.25, 0.3) is 0 Å². The first kappa shape index (κ1) is 25.4. The summed E-state index contributed by atoms with van der Waals surface area (Å²) in [5, 5.41) is 2.49. The van der Waals surface area contributed by atoms with E-state index in [1.807, 2.05) is 12.2 Å². The normalized spacial score (nSPS) is 10.5. The molecule has 138 valence electrons. The molecule has 0 aliphatic rings. The summed E-state index contributed by atoms with van der Waals surface area (Å²) in [4.78, 5) is 0. The monoisotopic (exact) mass is 435 g/mol. The number of unbranched alkanes of at least 4 members (excludes halogenated alkanes) is 11. The van der Waals surface area contributed by atoms with Crippen LogP contribution in [0, 0.1) is 0 Å². The van der Waals surface area contributed by atoms with Crippen LogP contribution in [0.25, 0.3) is 0 Å². The molecule has 0 spiro atoms. The number of nitrogens with two attached hydrogens (primary N) is 1. The van der Waals surface area contributed by atoms with E-state index in [0.29, 0.717) is 6.04 Å². The molecule has 0 saturated heterocycles. The van der Waals surface area contributed by atoms with E-state index in [0.717, 1.165) is 12.8 Å². The van der Waals surface area contributed by atoms with Crippen LogP contribution in [0.4, 0.5) is 0 Å². The van der Waals surface area contributed by atoms with Gasteiger partial charge in [0, 0.05) is 12.8 Å². The summed E-state index contributed by atoms with van der Waals surface area (Å²) < 4.78 is 0. The maximum absolute atomic E-state index is 3.84. The molecule has 0 heterocycles. The topological polar surface area (TPSA) is 16.6 Å². The highest BCUT2D eigenvalue weighted by molar-refractivity contribution is 4.78. The Labute approximate surface area is 163 Å². The fourth-order valence-corrected chi connectivity index (χ4v) is 3.06. The highest BCUT2D eigenvalue weighted by Gasteiger charge is 2.06. The van der Waals surface area contributed by atoms with Crippen molar-refractivity contribution in [1.29, 1.82) is 0 Å². The van der Waals surface area contributed by atoms with Crippen LogP contribution < -0.4 is 29.3 Å². The average molecular weight is 435 g/mol. The minimum atomic E-state index is 0. The molecule has 23 heavy (non-hydrogen) atoms. The van der Waals surface area contributed by atoms with Gasteiger partial charge in [-0.1, -0.05) is 83.3 Å². The first-order valence-electron chi connectivity index (χ1n) is 9.90. The molecular formula is C21H42IN. The zero-order chi connectivity index (χ0) is 16.3. The molecule has 2 heteroatoms. The smallest absolute Gasteiger partial charge is 0.0928 e. The van der Waals surface area contributed by atoms with E-state index in [9.17, 15) is 0 Å². The summed E-state index contributed by atoms with van der Waals surface area (Å²) in [5.41, 5.74) is 0. The van der Waals surface area contributed by atoms with Gasteiger partial charge in [0.15, 0.2) is 0 Å². The van der Waals surface area contributed by atoms with Crippen molar-refractivity contribution < 1.29 is 29.3 Å². The van der Waals surface area contributed by atoms with Crippen LogP contribution in [0.5, 0.6) is 0 Å². The molecule has 0 aliphatic heterocycles. The number of hydrogen-bond donors (Lipinski definition) is 1. The fourth-order valence-electron chi connectivity index (χ4n) is 3.06. The summed E-state index contributed by atoms with van der Waals surface area (Å²) in [5.74, 6) is 0. The SMILES string of the molecule is C=CCC(CC=C)[NH2+]CCCCCCCCCCCCCC.[I-]. The molecule has 0 fully saturated rings. The second-order valence-electron chi connectivity index (χ2n) is 6.72. The molecular weight excluding hydrogens is 393 g/mol. The molecule has 2 N–H and O–H groups in total. The fraction of sp³-hybridized carbons (Fsp3) is 0.810. The van der Waals surface area contributed by atoms with Crippen molar-refractivity contribution in [2.75, 3.05) is 6.54 Å². The lowest BCUT2D eigenvalue weighted by atomic mass is 10.1. The summed E-state index contributed by atoms with van der Waals surface area (Å²) in [6.45, 7) is 11.2. The van der Waals surface area contributed by atoms with Gasteiger partial charge in [-0.2, -0.15) is 0 Å². The Morgan fingerprint density at radius 2 is 1.09 bits per heavy atom. The summed E-state index contributed by atoms with van der Waals surface area (Å²) in [7, 11) is 0. The van der Waals surface area contributed by atoms with Crippen LogP contribution in [0.3, 0.4) is 0 Å². The largest absolute Gasteiger partial charge is 1.00 e. The first-order chi connectivity index (χ1) is 10.8. The van der Waals surface area contributed by atoms with Gasteiger partial charge in [0.1, 0.15) is 0 Å². The van der Waals surface area contributed by atoms with Gasteiger partial charge in [0.05, 0.1) is 12.6 Å². The van der Waals surface area contributed by atoms with Gasteiger partial charge < -0.3 is 29.3 Å². The molecule has 1 nitrogen and oxygen atoms in total. The van der Waals surface area contributed by atoms with Gasteiger partial charge in [-0.3, -0.25) is 0 Å². The van der Waals surface area contributed by atoms with Crippen molar-refractivity contribution in [1.82, 2.24) is 0 Å². The second-order valence-corrected chi connectivity index (χ2v) is 6.72. The quantitative estimate of drug-likeness (QED) is 0.194. The van der Waals surface area contributed by atoms with Crippen molar-refractivity contribution in [2.24, 2.45) is 0 Å². The molecule has 0 unspecified atom stereocenters. The van der Waals surface area contributed by atoms with Crippen LogP contribution in [-0.2, 0) is 0 Å². The third-order valence-corrected chi connectivity index (χ3v) is 4.50. The highest BCUT2D eigenvalue weighted by Crippen LogP contribution is 2.11. The van der Waals surface area contributed by atoms with E-state index in [4.69, 9.17) is 0 Å². The number of halogens is 1. The standard InChI is InChI=1S/C21H41N.HI/c1-4-7-8-9-10-11-12-13-14-15-16-17-20-22-21(18-5-2)19-6-3;/h5-6,21-22H,2-4,7-20H2,1H3;1H. The second kappa shape index (κ2) is 22.2. The third-order valence-electron chi connectivity index (χ3n) is 4.50. The summed E-state index contributed by atoms with van der Waals surface area (Å²) in [6.07, 6.45) is 23.4. The van der Waals surface area contributed by atoms with Crippen molar-refractivity contribution in [3.8, 4) is 0 Å². The predicted molar refractivity (Wildman–Crippen MR) is 101 cm³/mol. The lowest BCUT2D eigenvalue weighted by Crippen LogP contribution is -3.00. The molecule has 0 atom stereocenters. The van der Waals surface area contributed by atoms with E-state index >= 15 is 0 Å². The molecule has 0 aromatic carbocycles. The van der Waals surface area contributed by atoms with Crippen molar-refractivity contribution in [3.05, 3.63) is 25.3 Å². The van der Waals surface area contributed by atoms with E-state index in [1.54, 1.807) is 0 Å². The molecule has 0 rings (SSSR count). The van der Waals surface area contributed by atoms with Gasteiger partial charge in [-0.25, -0.2) is 0 Å². The molecule has 0 amide bonds. The van der Waals surface area contributed by atoms with Crippen LogP contribution in [-0.4, -0.2) is 12.6 Å². The van der Waals surface area contributed by atoms with E-state index in [2.05, 4.69) is 25.4 Å². The van der Waals surface area contributed by atoms with Crippen LogP contribution in [0.1, 0.15) is 96.8 Å². The van der Waals surface area contributed by atoms with Crippen molar-refractivity contribution in [2.45, 2.75) is 103 Å². The molecule has 0 radical (unpaired) electrons. The predicted octanol–water partition coefficient (Wildman–Crippen LogP) is 2.78. The minimum Gasteiger partial charge on any atom is -1.00 e. The van der Waals surface area contributed by atoms with Crippen molar-refractivity contribution in [3.63, 3.8) is 0 Å². The maximum Gasteiger partial charge on any atom is 0.0928 e. The summed E-state index contributed by atoms with van der Waals surface area (Å²) in [6, 6.07) is 0.669. The maximum atomic E-state index is 3.84.